The number of ether oxygens (including phenoxy) is 1. The van der Waals surface area contributed by atoms with E-state index in [-0.39, 0.29) is 12.3 Å². The Labute approximate surface area is 96.1 Å². The van der Waals surface area contributed by atoms with Crippen LogP contribution in [0.2, 0.25) is 0 Å². The van der Waals surface area contributed by atoms with Gasteiger partial charge in [-0.25, -0.2) is 4.79 Å². The topological polar surface area (TPSA) is 76.2 Å². The number of hydrogen-bond acceptors (Lipinski definition) is 4. The number of anilines is 1. The summed E-state index contributed by atoms with van der Waals surface area (Å²) in [6, 6.07) is 4.97. The Morgan fingerprint density at radius 1 is 1.60 bits per heavy atom. The summed E-state index contributed by atoms with van der Waals surface area (Å²) in [6.45, 7) is 1.94. The Morgan fingerprint density at radius 2 is 2.27 bits per heavy atom. The predicted molar refractivity (Wildman–Crippen MR) is 62.0 cm³/mol. The van der Waals surface area contributed by atoms with E-state index in [2.05, 4.69) is 15.9 Å². The molecule has 0 aliphatic carbocycles. The van der Waals surface area contributed by atoms with Gasteiger partial charge in [0.15, 0.2) is 0 Å². The van der Waals surface area contributed by atoms with Crippen molar-refractivity contribution < 1.29 is 9.53 Å². The van der Waals surface area contributed by atoms with Crippen molar-refractivity contribution in [3.05, 3.63) is 28.2 Å². The number of carbonyl (C=O) groups is 1. The van der Waals surface area contributed by atoms with Crippen molar-refractivity contribution in [2.45, 2.75) is 6.92 Å². The van der Waals surface area contributed by atoms with Gasteiger partial charge in [0, 0.05) is 15.7 Å². The predicted octanol–water partition coefficient (Wildman–Crippen LogP) is 1.96. The normalized spacial score (nSPS) is 9.73. The van der Waals surface area contributed by atoms with Crippen LogP contribution in [0.4, 0.5) is 5.69 Å². The molecule has 3 N–H and O–H groups in total. The second-order valence-corrected chi connectivity index (χ2v) is 3.74. The molecule has 0 fully saturated rings. The maximum atomic E-state index is 11.3. The third-order valence-electron chi connectivity index (χ3n) is 1.76. The van der Waals surface area contributed by atoms with Gasteiger partial charge in [0.1, 0.15) is 5.71 Å². The number of rotatable bonds is 3. The van der Waals surface area contributed by atoms with Gasteiger partial charge in [-0.3, -0.25) is 5.41 Å². The monoisotopic (exact) mass is 270 g/mol. The first-order chi connectivity index (χ1) is 7.06. The zero-order chi connectivity index (χ0) is 11.4. The molecule has 0 atom stereocenters. The molecule has 1 aromatic rings. The Balaban J connectivity index is 2.96. The first kappa shape index (κ1) is 11.7. The fourth-order valence-corrected chi connectivity index (χ4v) is 1.45. The van der Waals surface area contributed by atoms with E-state index in [4.69, 9.17) is 15.9 Å². The zero-order valence-electron chi connectivity index (χ0n) is 8.21. The first-order valence-corrected chi connectivity index (χ1v) is 5.16. The lowest BCUT2D eigenvalue weighted by atomic mass is 10.1. The van der Waals surface area contributed by atoms with E-state index in [1.165, 1.54) is 0 Å². The second-order valence-electron chi connectivity index (χ2n) is 2.83. The smallest absolute Gasteiger partial charge is 0.356 e. The van der Waals surface area contributed by atoms with Crippen LogP contribution < -0.4 is 5.73 Å². The van der Waals surface area contributed by atoms with E-state index in [0.29, 0.717) is 11.3 Å². The molecule has 0 spiro atoms. The van der Waals surface area contributed by atoms with Crippen molar-refractivity contribution >= 4 is 33.3 Å². The number of carbonyl (C=O) groups excluding carboxylic acids is 1. The Hall–Kier alpha value is -1.36. The van der Waals surface area contributed by atoms with Crippen LogP contribution in [0, 0.1) is 5.41 Å². The standard InChI is InChI=1S/C10H11BrN2O2/c1-2-15-10(14)9(13)7-4-3-6(11)5-8(7)12/h3-5,13H,2,12H2,1H3. The largest absolute Gasteiger partial charge is 0.461 e. The van der Waals surface area contributed by atoms with E-state index in [9.17, 15) is 4.79 Å². The van der Waals surface area contributed by atoms with Gasteiger partial charge in [-0.15, -0.1) is 0 Å². The van der Waals surface area contributed by atoms with Gasteiger partial charge < -0.3 is 10.5 Å². The van der Waals surface area contributed by atoms with Gasteiger partial charge in [-0.2, -0.15) is 0 Å². The van der Waals surface area contributed by atoms with Gasteiger partial charge in [-0.1, -0.05) is 15.9 Å². The van der Waals surface area contributed by atoms with Crippen LogP contribution in [0.3, 0.4) is 0 Å². The average molecular weight is 271 g/mol. The summed E-state index contributed by atoms with van der Waals surface area (Å²) in [5.74, 6) is -0.661. The molecule has 1 rings (SSSR count). The molecular weight excluding hydrogens is 260 g/mol. The molecule has 0 saturated heterocycles. The summed E-state index contributed by atoms with van der Waals surface area (Å²) in [7, 11) is 0. The Morgan fingerprint density at radius 3 is 2.80 bits per heavy atom. The maximum Gasteiger partial charge on any atom is 0.356 e. The molecule has 0 unspecified atom stereocenters. The lowest BCUT2D eigenvalue weighted by Crippen LogP contribution is -2.18. The molecule has 0 bridgehead atoms. The summed E-state index contributed by atoms with van der Waals surface area (Å²) in [5, 5.41) is 7.58. The molecule has 80 valence electrons. The summed E-state index contributed by atoms with van der Waals surface area (Å²) >= 11 is 3.25. The Bertz CT molecular complexity index is 404. The number of hydrogen-bond donors (Lipinski definition) is 2. The van der Waals surface area contributed by atoms with Crippen LogP contribution in [-0.4, -0.2) is 18.3 Å². The number of nitrogens with one attached hydrogen (secondary N) is 1. The molecule has 0 heterocycles. The molecule has 1 aromatic carbocycles. The number of halogens is 1. The zero-order valence-corrected chi connectivity index (χ0v) is 9.80. The fraction of sp³-hybridized carbons (Fsp3) is 0.200. The van der Waals surface area contributed by atoms with E-state index >= 15 is 0 Å². The quantitative estimate of drug-likeness (QED) is 0.501. The van der Waals surface area contributed by atoms with Crippen LogP contribution in [0.15, 0.2) is 22.7 Å². The lowest BCUT2D eigenvalue weighted by Gasteiger charge is -2.06. The van der Waals surface area contributed by atoms with Gasteiger partial charge in [-0.05, 0) is 25.1 Å². The third-order valence-corrected chi connectivity index (χ3v) is 2.26. The van der Waals surface area contributed by atoms with Crippen LogP contribution >= 0.6 is 15.9 Å². The highest BCUT2D eigenvalue weighted by molar-refractivity contribution is 9.10. The molecule has 0 saturated carbocycles. The molecule has 15 heavy (non-hydrogen) atoms. The van der Waals surface area contributed by atoms with Crippen LogP contribution in [-0.2, 0) is 9.53 Å². The minimum absolute atomic E-state index is 0.221. The van der Waals surface area contributed by atoms with Crippen molar-refractivity contribution in [2.24, 2.45) is 0 Å². The highest BCUT2D eigenvalue weighted by Gasteiger charge is 2.15. The first-order valence-electron chi connectivity index (χ1n) is 4.37. The summed E-state index contributed by atoms with van der Waals surface area (Å²) in [4.78, 5) is 11.3. The number of nitrogens with two attached hydrogens (primary N) is 1. The van der Waals surface area contributed by atoms with Crippen LogP contribution in [0.1, 0.15) is 12.5 Å². The molecule has 0 amide bonds. The van der Waals surface area contributed by atoms with E-state index < -0.39 is 5.97 Å². The van der Waals surface area contributed by atoms with Crippen LogP contribution in [0.25, 0.3) is 0 Å². The lowest BCUT2D eigenvalue weighted by molar-refractivity contribution is -0.135. The number of nitrogen functional groups attached to an aromatic ring is 1. The summed E-state index contributed by atoms with van der Waals surface area (Å²) < 4.78 is 5.52. The molecule has 0 aliphatic heterocycles. The van der Waals surface area contributed by atoms with Crippen molar-refractivity contribution in [1.82, 2.24) is 0 Å². The molecule has 0 aliphatic rings. The average Bonchev–Trinajstić information content (AvgIpc) is 2.17. The summed E-state index contributed by atoms with van der Waals surface area (Å²) in [5.41, 5.74) is 6.22. The van der Waals surface area contributed by atoms with Crippen molar-refractivity contribution in [1.29, 1.82) is 5.41 Å². The van der Waals surface area contributed by atoms with Gasteiger partial charge >= 0.3 is 5.97 Å². The fourth-order valence-electron chi connectivity index (χ4n) is 1.07. The highest BCUT2D eigenvalue weighted by Crippen LogP contribution is 2.19. The van der Waals surface area contributed by atoms with Crippen LogP contribution in [0.5, 0.6) is 0 Å². The third kappa shape index (κ3) is 2.79. The second kappa shape index (κ2) is 4.93. The minimum atomic E-state index is -0.661. The Kier molecular flexibility index (Phi) is 3.85. The SMILES string of the molecule is CCOC(=O)C(=N)c1ccc(Br)cc1N. The van der Waals surface area contributed by atoms with Crippen molar-refractivity contribution in [3.63, 3.8) is 0 Å². The summed E-state index contributed by atoms with van der Waals surface area (Å²) in [6.07, 6.45) is 0. The molecule has 0 aromatic heterocycles. The van der Waals surface area contributed by atoms with E-state index in [1.807, 2.05) is 0 Å². The van der Waals surface area contributed by atoms with Gasteiger partial charge in [0.2, 0.25) is 0 Å². The van der Waals surface area contributed by atoms with E-state index in [1.54, 1.807) is 25.1 Å². The number of esters is 1. The highest BCUT2D eigenvalue weighted by atomic mass is 79.9. The molecule has 5 heteroatoms. The maximum absolute atomic E-state index is 11.3. The molecule has 4 nitrogen and oxygen atoms in total. The van der Waals surface area contributed by atoms with Crippen molar-refractivity contribution in [2.75, 3.05) is 12.3 Å². The minimum Gasteiger partial charge on any atom is -0.461 e. The van der Waals surface area contributed by atoms with Gasteiger partial charge in [0.25, 0.3) is 0 Å². The molecular formula is C10H11BrN2O2. The van der Waals surface area contributed by atoms with E-state index in [0.717, 1.165) is 4.47 Å². The van der Waals surface area contributed by atoms with Crippen molar-refractivity contribution in [3.8, 4) is 0 Å². The number of benzene rings is 1. The van der Waals surface area contributed by atoms with Gasteiger partial charge in [0.05, 0.1) is 6.61 Å². The molecule has 0 radical (unpaired) electrons.